The molecule has 0 bridgehead atoms. The topological polar surface area (TPSA) is 42.0 Å². The first-order valence-corrected chi connectivity index (χ1v) is 9.29. The zero-order valence-corrected chi connectivity index (χ0v) is 14.3. The molecular weight excluding hydrogens is 304 g/mol. The molecule has 23 heavy (non-hydrogen) atoms. The van der Waals surface area contributed by atoms with Crippen molar-refractivity contribution in [2.75, 3.05) is 0 Å². The van der Waals surface area contributed by atoms with Gasteiger partial charge in [-0.05, 0) is 37.2 Å². The van der Waals surface area contributed by atoms with Gasteiger partial charge >= 0.3 is 0 Å². The molecule has 0 saturated heterocycles. The van der Waals surface area contributed by atoms with Crippen LogP contribution in [0, 0.1) is 12.3 Å². The Morgan fingerprint density at radius 3 is 2.65 bits per heavy atom. The predicted octanol–water partition coefficient (Wildman–Crippen LogP) is 3.97. The number of amides is 1. The number of aryl methyl sites for hydroxylation is 1. The van der Waals surface area contributed by atoms with Gasteiger partial charge in [0, 0.05) is 5.38 Å². The third-order valence-corrected chi connectivity index (χ3v) is 6.52. The summed E-state index contributed by atoms with van der Waals surface area (Å²) in [6.07, 6.45) is 5.89. The molecule has 120 valence electrons. The number of hydrogen-bond acceptors (Lipinski definition) is 3. The van der Waals surface area contributed by atoms with Crippen molar-refractivity contribution in [2.24, 2.45) is 5.41 Å². The second-order valence-electron chi connectivity index (χ2n) is 6.98. The van der Waals surface area contributed by atoms with E-state index in [4.69, 9.17) is 0 Å². The predicted molar refractivity (Wildman–Crippen MR) is 92.3 cm³/mol. The van der Waals surface area contributed by atoms with E-state index in [2.05, 4.69) is 34.6 Å². The number of rotatable bonds is 4. The zero-order valence-electron chi connectivity index (χ0n) is 13.5. The van der Waals surface area contributed by atoms with Gasteiger partial charge in [0.2, 0.25) is 5.91 Å². The molecule has 1 heterocycles. The molecular formula is C19H22N2OS. The number of thiazole rings is 1. The summed E-state index contributed by atoms with van der Waals surface area (Å²) in [4.78, 5) is 17.6. The van der Waals surface area contributed by atoms with Crippen LogP contribution in [0.2, 0.25) is 0 Å². The number of hydrogen-bond donors (Lipinski definition) is 1. The Balaban J connectivity index is 1.58. The van der Waals surface area contributed by atoms with Crippen LogP contribution in [0.25, 0.3) is 0 Å². The van der Waals surface area contributed by atoms with Crippen molar-refractivity contribution in [3.63, 3.8) is 0 Å². The van der Waals surface area contributed by atoms with Crippen LogP contribution in [0.5, 0.6) is 0 Å². The second-order valence-corrected chi connectivity index (χ2v) is 8.04. The highest BCUT2D eigenvalue weighted by Gasteiger charge is 2.72. The highest BCUT2D eigenvalue weighted by atomic mass is 32.1. The van der Waals surface area contributed by atoms with Gasteiger partial charge in [0.25, 0.3) is 0 Å². The minimum atomic E-state index is -0.310. The molecule has 1 aromatic carbocycles. The van der Waals surface area contributed by atoms with Crippen LogP contribution in [0.3, 0.4) is 0 Å². The van der Waals surface area contributed by atoms with E-state index in [1.165, 1.54) is 31.2 Å². The largest absolute Gasteiger partial charge is 0.350 e. The summed E-state index contributed by atoms with van der Waals surface area (Å²) in [6.45, 7) is 2.53. The lowest BCUT2D eigenvalue weighted by molar-refractivity contribution is -0.124. The average molecular weight is 326 g/mol. The van der Waals surface area contributed by atoms with E-state index in [-0.39, 0.29) is 16.7 Å². The summed E-state index contributed by atoms with van der Waals surface area (Å²) in [5.41, 5.74) is 2.05. The molecule has 2 aliphatic carbocycles. The fourth-order valence-electron chi connectivity index (χ4n) is 4.51. The Morgan fingerprint density at radius 1 is 1.26 bits per heavy atom. The normalized spacial score (nSPS) is 24.7. The van der Waals surface area contributed by atoms with Crippen molar-refractivity contribution in [3.05, 3.63) is 52.0 Å². The lowest BCUT2D eigenvalue weighted by atomic mass is 9.84. The van der Waals surface area contributed by atoms with Gasteiger partial charge in [-0.3, -0.25) is 4.79 Å². The minimum Gasteiger partial charge on any atom is -0.350 e. The first-order valence-electron chi connectivity index (χ1n) is 8.41. The standard InChI is InChI=1S/C19H22N2OS/c1-14-21-16(12-23-14)11-20-17(22)19(15-7-3-2-4-8-15)13-18(19)9-5-6-10-18/h2-4,7-8,12H,5-6,9-11,13H2,1H3,(H,20,22)/t19-/m1/s1. The van der Waals surface area contributed by atoms with Gasteiger partial charge < -0.3 is 5.32 Å². The first-order chi connectivity index (χ1) is 11.2. The summed E-state index contributed by atoms with van der Waals surface area (Å²) in [5.74, 6) is 0.191. The Labute approximate surface area is 141 Å². The highest BCUT2D eigenvalue weighted by molar-refractivity contribution is 7.09. The van der Waals surface area contributed by atoms with E-state index in [0.29, 0.717) is 6.54 Å². The summed E-state index contributed by atoms with van der Waals surface area (Å²) >= 11 is 1.63. The van der Waals surface area contributed by atoms with Gasteiger partial charge in [-0.2, -0.15) is 0 Å². The SMILES string of the molecule is Cc1nc(CNC(=O)[C@]2(c3ccccc3)CC23CCCC3)cs1. The summed E-state index contributed by atoms with van der Waals surface area (Å²) < 4.78 is 0. The molecule has 0 radical (unpaired) electrons. The highest BCUT2D eigenvalue weighted by Crippen LogP contribution is 2.72. The summed E-state index contributed by atoms with van der Waals surface area (Å²) in [7, 11) is 0. The smallest absolute Gasteiger partial charge is 0.231 e. The molecule has 1 amide bonds. The maximum absolute atomic E-state index is 13.1. The minimum absolute atomic E-state index is 0.191. The van der Waals surface area contributed by atoms with Crippen molar-refractivity contribution in [1.82, 2.24) is 10.3 Å². The fraction of sp³-hybridized carbons (Fsp3) is 0.474. The van der Waals surface area contributed by atoms with Crippen LogP contribution in [-0.4, -0.2) is 10.9 Å². The van der Waals surface area contributed by atoms with Crippen molar-refractivity contribution in [2.45, 2.75) is 51.0 Å². The summed E-state index contributed by atoms with van der Waals surface area (Å²) in [5, 5.41) is 6.25. The van der Waals surface area contributed by atoms with Gasteiger partial charge in [-0.15, -0.1) is 11.3 Å². The molecule has 4 rings (SSSR count). The van der Waals surface area contributed by atoms with Crippen molar-refractivity contribution < 1.29 is 4.79 Å². The second kappa shape index (κ2) is 5.45. The molecule has 2 aromatic rings. The monoisotopic (exact) mass is 326 g/mol. The van der Waals surface area contributed by atoms with E-state index in [0.717, 1.165) is 17.1 Å². The molecule has 1 atom stereocenters. The molecule has 0 unspecified atom stereocenters. The van der Waals surface area contributed by atoms with Crippen LogP contribution in [-0.2, 0) is 16.8 Å². The molecule has 1 aromatic heterocycles. The van der Waals surface area contributed by atoms with E-state index in [9.17, 15) is 4.79 Å². The number of aromatic nitrogens is 1. The molecule has 1 spiro atoms. The van der Waals surface area contributed by atoms with Gasteiger partial charge in [-0.1, -0.05) is 43.2 Å². The average Bonchev–Trinajstić information content (AvgIpc) is 2.87. The number of carbonyl (C=O) groups is 1. The van der Waals surface area contributed by atoms with Gasteiger partial charge in [0.15, 0.2) is 0 Å². The lowest BCUT2D eigenvalue weighted by Crippen LogP contribution is -2.38. The lowest BCUT2D eigenvalue weighted by Gasteiger charge is -2.22. The molecule has 2 saturated carbocycles. The maximum Gasteiger partial charge on any atom is 0.231 e. The number of nitrogens with zero attached hydrogens (tertiary/aromatic N) is 1. The fourth-order valence-corrected chi connectivity index (χ4v) is 5.13. The van der Waals surface area contributed by atoms with Crippen LogP contribution in [0.15, 0.2) is 35.7 Å². The van der Waals surface area contributed by atoms with Gasteiger partial charge in [0.1, 0.15) is 0 Å². The van der Waals surface area contributed by atoms with Crippen molar-refractivity contribution in [1.29, 1.82) is 0 Å². The number of nitrogens with one attached hydrogen (secondary N) is 1. The summed E-state index contributed by atoms with van der Waals surface area (Å²) in [6, 6.07) is 10.4. The van der Waals surface area contributed by atoms with E-state index < -0.39 is 0 Å². The van der Waals surface area contributed by atoms with Crippen LogP contribution in [0.4, 0.5) is 0 Å². The molecule has 2 fully saturated rings. The van der Waals surface area contributed by atoms with E-state index in [1.54, 1.807) is 11.3 Å². The Bertz CT molecular complexity index is 718. The van der Waals surface area contributed by atoms with Gasteiger partial charge in [-0.25, -0.2) is 4.98 Å². The Kier molecular flexibility index (Phi) is 3.52. The van der Waals surface area contributed by atoms with Crippen LogP contribution in [0.1, 0.15) is 48.4 Å². The first kappa shape index (κ1) is 14.9. The molecule has 3 nitrogen and oxygen atoms in total. The molecule has 4 heteroatoms. The molecule has 1 N–H and O–H groups in total. The maximum atomic E-state index is 13.1. The van der Waals surface area contributed by atoms with Crippen molar-refractivity contribution >= 4 is 17.2 Å². The van der Waals surface area contributed by atoms with Crippen LogP contribution < -0.4 is 5.32 Å². The molecule has 0 aliphatic heterocycles. The van der Waals surface area contributed by atoms with E-state index in [1.807, 2.05) is 18.4 Å². The number of benzene rings is 1. The Hall–Kier alpha value is -1.68. The van der Waals surface area contributed by atoms with Crippen molar-refractivity contribution in [3.8, 4) is 0 Å². The molecule has 2 aliphatic rings. The number of carbonyl (C=O) groups excluding carboxylic acids is 1. The quantitative estimate of drug-likeness (QED) is 0.924. The van der Waals surface area contributed by atoms with E-state index >= 15 is 0 Å². The third kappa shape index (κ3) is 2.31. The third-order valence-electron chi connectivity index (χ3n) is 5.70. The Morgan fingerprint density at radius 2 is 2.00 bits per heavy atom. The van der Waals surface area contributed by atoms with Crippen LogP contribution >= 0.6 is 11.3 Å². The zero-order chi connectivity index (χ0) is 15.9. The van der Waals surface area contributed by atoms with Gasteiger partial charge in [0.05, 0.1) is 22.7 Å².